The number of hydrogen-bond acceptors (Lipinski definition) is 1. The van der Waals surface area contributed by atoms with Crippen LogP contribution in [0.2, 0.25) is 0 Å². The van der Waals surface area contributed by atoms with E-state index in [-0.39, 0.29) is 0 Å². The molecule has 0 saturated carbocycles. The van der Waals surface area contributed by atoms with E-state index in [0.717, 1.165) is 12.0 Å². The van der Waals surface area contributed by atoms with Gasteiger partial charge in [-0.3, -0.25) is 0 Å². The maximum Gasteiger partial charge on any atom is 0.00952 e. The average molecular weight is 298 g/mol. The highest BCUT2D eigenvalue weighted by molar-refractivity contribution is 4.75. The Morgan fingerprint density at radius 3 is 1.81 bits per heavy atom. The van der Waals surface area contributed by atoms with Crippen molar-refractivity contribution < 1.29 is 0 Å². The summed E-state index contributed by atoms with van der Waals surface area (Å²) in [6.45, 7) is 10.5. The van der Waals surface area contributed by atoms with Crippen molar-refractivity contribution in [1.82, 2.24) is 5.32 Å². The van der Waals surface area contributed by atoms with E-state index in [9.17, 15) is 0 Å². The van der Waals surface area contributed by atoms with Crippen molar-refractivity contribution in [2.45, 2.75) is 117 Å². The molecular formula is C20H43N. The second-order valence-electron chi connectivity index (χ2n) is 6.78. The largest absolute Gasteiger partial charge is 0.314 e. The highest BCUT2D eigenvalue weighted by Gasteiger charge is 2.18. The lowest BCUT2D eigenvalue weighted by atomic mass is 9.88. The highest BCUT2D eigenvalue weighted by Crippen LogP contribution is 2.21. The molecular weight excluding hydrogens is 254 g/mol. The molecule has 0 saturated heterocycles. The van der Waals surface area contributed by atoms with Gasteiger partial charge < -0.3 is 5.32 Å². The van der Waals surface area contributed by atoms with Crippen LogP contribution in [0.3, 0.4) is 0 Å². The molecule has 1 N–H and O–H groups in total. The van der Waals surface area contributed by atoms with Gasteiger partial charge >= 0.3 is 0 Å². The van der Waals surface area contributed by atoms with Crippen LogP contribution >= 0.6 is 0 Å². The van der Waals surface area contributed by atoms with Crippen molar-refractivity contribution in [1.29, 1.82) is 0 Å². The second-order valence-corrected chi connectivity index (χ2v) is 6.78. The molecule has 128 valence electrons. The molecule has 0 aliphatic rings. The lowest BCUT2D eigenvalue weighted by Crippen LogP contribution is -2.36. The predicted molar refractivity (Wildman–Crippen MR) is 98.0 cm³/mol. The zero-order valence-electron chi connectivity index (χ0n) is 15.6. The molecule has 0 aromatic heterocycles. The zero-order valence-corrected chi connectivity index (χ0v) is 15.6. The Balaban J connectivity index is 3.92. The van der Waals surface area contributed by atoms with Gasteiger partial charge in [0.15, 0.2) is 0 Å². The standard InChI is InChI=1S/C20H43N/c1-5-9-11-12-13-14-15-17-20(21-18-7-3)19(8-4)16-10-6-2/h19-21H,5-18H2,1-4H3. The minimum Gasteiger partial charge on any atom is -0.314 e. The lowest BCUT2D eigenvalue weighted by molar-refractivity contribution is 0.296. The van der Waals surface area contributed by atoms with Gasteiger partial charge in [-0.25, -0.2) is 0 Å². The fourth-order valence-corrected chi connectivity index (χ4v) is 3.31. The summed E-state index contributed by atoms with van der Waals surface area (Å²) in [4.78, 5) is 0. The predicted octanol–water partition coefficient (Wildman–Crippen LogP) is 6.71. The normalized spacial score (nSPS) is 14.3. The van der Waals surface area contributed by atoms with Crippen molar-refractivity contribution in [2.24, 2.45) is 5.92 Å². The monoisotopic (exact) mass is 297 g/mol. The molecule has 0 aliphatic carbocycles. The summed E-state index contributed by atoms with van der Waals surface area (Å²) in [7, 11) is 0. The molecule has 0 spiro atoms. The van der Waals surface area contributed by atoms with Gasteiger partial charge in [0, 0.05) is 6.04 Å². The molecule has 0 amide bonds. The average Bonchev–Trinajstić information content (AvgIpc) is 2.51. The topological polar surface area (TPSA) is 12.0 Å². The Hall–Kier alpha value is -0.0400. The van der Waals surface area contributed by atoms with Crippen LogP contribution in [0.25, 0.3) is 0 Å². The van der Waals surface area contributed by atoms with Gasteiger partial charge in [0.2, 0.25) is 0 Å². The van der Waals surface area contributed by atoms with Crippen LogP contribution in [-0.2, 0) is 0 Å². The zero-order chi connectivity index (χ0) is 15.8. The number of rotatable bonds is 16. The third-order valence-corrected chi connectivity index (χ3v) is 4.80. The van der Waals surface area contributed by atoms with Crippen LogP contribution in [0, 0.1) is 5.92 Å². The van der Waals surface area contributed by atoms with Crippen LogP contribution in [-0.4, -0.2) is 12.6 Å². The van der Waals surface area contributed by atoms with Crippen molar-refractivity contribution in [3.05, 3.63) is 0 Å². The third-order valence-electron chi connectivity index (χ3n) is 4.80. The summed E-state index contributed by atoms with van der Waals surface area (Å²) in [5, 5.41) is 3.84. The molecule has 0 rings (SSSR count). The van der Waals surface area contributed by atoms with Gasteiger partial charge in [0.05, 0.1) is 0 Å². The van der Waals surface area contributed by atoms with Crippen molar-refractivity contribution in [2.75, 3.05) is 6.54 Å². The molecule has 0 aromatic carbocycles. The van der Waals surface area contributed by atoms with Gasteiger partial charge in [-0.1, -0.05) is 91.9 Å². The van der Waals surface area contributed by atoms with Crippen LogP contribution in [0.4, 0.5) is 0 Å². The van der Waals surface area contributed by atoms with E-state index >= 15 is 0 Å². The van der Waals surface area contributed by atoms with E-state index in [1.165, 1.54) is 90.0 Å². The van der Waals surface area contributed by atoms with Crippen molar-refractivity contribution in [3.63, 3.8) is 0 Å². The second kappa shape index (κ2) is 16.3. The Morgan fingerprint density at radius 1 is 0.619 bits per heavy atom. The Kier molecular flexibility index (Phi) is 16.3. The quantitative estimate of drug-likeness (QED) is 0.312. The molecule has 0 bridgehead atoms. The van der Waals surface area contributed by atoms with Gasteiger partial charge in [-0.15, -0.1) is 0 Å². The summed E-state index contributed by atoms with van der Waals surface area (Å²) in [5.74, 6) is 0.900. The molecule has 2 atom stereocenters. The Morgan fingerprint density at radius 2 is 1.24 bits per heavy atom. The fraction of sp³-hybridized carbons (Fsp3) is 1.00. The first-order valence-corrected chi connectivity index (χ1v) is 10.0. The van der Waals surface area contributed by atoms with E-state index in [1.54, 1.807) is 0 Å². The first-order valence-electron chi connectivity index (χ1n) is 10.0. The fourth-order valence-electron chi connectivity index (χ4n) is 3.31. The molecule has 1 heteroatoms. The van der Waals surface area contributed by atoms with E-state index < -0.39 is 0 Å². The van der Waals surface area contributed by atoms with E-state index in [2.05, 4.69) is 33.0 Å². The van der Waals surface area contributed by atoms with Crippen molar-refractivity contribution in [3.8, 4) is 0 Å². The van der Waals surface area contributed by atoms with E-state index in [4.69, 9.17) is 0 Å². The molecule has 0 aliphatic heterocycles. The third kappa shape index (κ3) is 12.2. The SMILES string of the molecule is CCCCCCCCCC(NCCC)C(CC)CCCC. The summed E-state index contributed by atoms with van der Waals surface area (Å²) in [6.07, 6.45) is 18.2. The number of hydrogen-bond donors (Lipinski definition) is 1. The van der Waals surface area contributed by atoms with Crippen LogP contribution in [0.5, 0.6) is 0 Å². The van der Waals surface area contributed by atoms with Gasteiger partial charge in [0.25, 0.3) is 0 Å². The summed E-state index contributed by atoms with van der Waals surface area (Å²) >= 11 is 0. The van der Waals surface area contributed by atoms with Gasteiger partial charge in [-0.05, 0) is 31.7 Å². The lowest BCUT2D eigenvalue weighted by Gasteiger charge is -2.27. The molecule has 0 radical (unpaired) electrons. The number of nitrogens with one attached hydrogen (secondary N) is 1. The van der Waals surface area contributed by atoms with Crippen molar-refractivity contribution >= 4 is 0 Å². The first kappa shape index (κ1) is 21.0. The molecule has 0 aromatic rings. The minimum atomic E-state index is 0.775. The summed E-state index contributed by atoms with van der Waals surface area (Å²) in [6, 6.07) is 0.775. The maximum absolute atomic E-state index is 3.84. The Bertz CT molecular complexity index is 190. The van der Waals surface area contributed by atoms with Crippen LogP contribution < -0.4 is 5.32 Å². The Labute approximate surface area is 135 Å². The maximum atomic E-state index is 3.84. The molecule has 0 heterocycles. The number of unbranched alkanes of at least 4 members (excludes halogenated alkanes) is 7. The minimum absolute atomic E-state index is 0.775. The van der Waals surface area contributed by atoms with E-state index in [0.29, 0.717) is 0 Å². The van der Waals surface area contributed by atoms with Crippen LogP contribution in [0.1, 0.15) is 111 Å². The molecule has 0 fully saturated rings. The van der Waals surface area contributed by atoms with Crippen LogP contribution in [0.15, 0.2) is 0 Å². The van der Waals surface area contributed by atoms with Gasteiger partial charge in [-0.2, -0.15) is 0 Å². The summed E-state index contributed by atoms with van der Waals surface area (Å²) in [5.41, 5.74) is 0. The first-order chi connectivity index (χ1) is 10.3. The molecule has 21 heavy (non-hydrogen) atoms. The molecule has 1 nitrogen and oxygen atoms in total. The van der Waals surface area contributed by atoms with E-state index in [1.807, 2.05) is 0 Å². The highest BCUT2D eigenvalue weighted by atomic mass is 14.9. The van der Waals surface area contributed by atoms with Gasteiger partial charge in [0.1, 0.15) is 0 Å². The summed E-state index contributed by atoms with van der Waals surface area (Å²) < 4.78 is 0. The smallest absolute Gasteiger partial charge is 0.00952 e. The molecule has 2 unspecified atom stereocenters.